The van der Waals surface area contributed by atoms with Gasteiger partial charge in [-0.2, -0.15) is 0 Å². The lowest BCUT2D eigenvalue weighted by molar-refractivity contribution is -0.277. The van der Waals surface area contributed by atoms with Crippen molar-refractivity contribution in [2.24, 2.45) is 23.7 Å². The Bertz CT molecular complexity index is 2430. The van der Waals surface area contributed by atoms with Crippen LogP contribution in [0.25, 0.3) is 0 Å². The predicted octanol–water partition coefficient (Wildman–Crippen LogP) is 2.04. The molecule has 2 aliphatic heterocycles. The number of methoxy groups -OCH3 is 2. The average Bonchev–Trinajstić information content (AvgIpc) is 4.00. The molecule has 1 unspecified atom stereocenters. The lowest BCUT2D eigenvalue weighted by atomic mass is 9.89. The van der Waals surface area contributed by atoms with Crippen LogP contribution in [0.15, 0.2) is 48.5 Å². The highest BCUT2D eigenvalue weighted by Gasteiger charge is 2.46. The summed E-state index contributed by atoms with van der Waals surface area (Å²) in [6.45, 7) is 17.0. The summed E-state index contributed by atoms with van der Waals surface area (Å²) in [5.74, 6) is -4.83. The molecule has 0 spiro atoms. The van der Waals surface area contributed by atoms with Gasteiger partial charge >= 0.3 is 0 Å². The van der Waals surface area contributed by atoms with Gasteiger partial charge in [-0.1, -0.05) is 91.3 Å². The Morgan fingerprint density at radius 3 is 2.04 bits per heavy atom. The molecule has 0 radical (unpaired) electrons. The first-order valence-corrected chi connectivity index (χ1v) is 28.5. The van der Waals surface area contributed by atoms with Gasteiger partial charge in [0.1, 0.15) is 48.3 Å². The van der Waals surface area contributed by atoms with Gasteiger partial charge in [0.15, 0.2) is 0 Å². The van der Waals surface area contributed by atoms with Crippen molar-refractivity contribution in [2.75, 3.05) is 46.8 Å². The summed E-state index contributed by atoms with van der Waals surface area (Å²) in [4.78, 5) is 101. The molecule has 2 saturated heterocycles. The first kappa shape index (κ1) is 68.7. The van der Waals surface area contributed by atoms with Crippen LogP contribution in [0.3, 0.4) is 0 Å². The van der Waals surface area contributed by atoms with Crippen LogP contribution < -0.4 is 26.0 Å². The van der Waals surface area contributed by atoms with Crippen molar-refractivity contribution in [1.29, 1.82) is 0 Å². The molecule has 2 aliphatic rings. The van der Waals surface area contributed by atoms with Gasteiger partial charge in [-0.25, -0.2) is 0 Å². The van der Waals surface area contributed by atoms with Gasteiger partial charge in [0.25, 0.3) is 0 Å². The molecule has 0 saturated carbocycles. The highest BCUT2D eigenvalue weighted by atomic mass is 16.7. The van der Waals surface area contributed by atoms with Crippen molar-refractivity contribution in [3.8, 4) is 5.75 Å². The highest BCUT2D eigenvalue weighted by molar-refractivity contribution is 5.98. The first-order chi connectivity index (χ1) is 38.6. The number of carbonyl (C=O) groups is 7. The van der Waals surface area contributed by atoms with Crippen LogP contribution in [0.5, 0.6) is 5.75 Å². The molecule has 2 aromatic rings. The number of rotatable bonds is 29. The molecule has 2 heterocycles. The predicted molar refractivity (Wildman–Crippen MR) is 304 cm³/mol. The van der Waals surface area contributed by atoms with Gasteiger partial charge in [0.2, 0.25) is 47.6 Å². The molecule has 0 aliphatic carbocycles. The lowest BCUT2D eigenvalue weighted by Crippen LogP contribution is -2.60. The summed E-state index contributed by atoms with van der Waals surface area (Å²) in [5, 5.41) is 63.3. The second kappa shape index (κ2) is 31.8. The molecule has 0 aromatic heterocycles. The zero-order valence-corrected chi connectivity index (χ0v) is 50.2. The molecule has 9 N–H and O–H groups in total. The van der Waals surface area contributed by atoms with Crippen LogP contribution >= 0.6 is 0 Å². The molecule has 16 atom stereocenters. The second-order valence-corrected chi connectivity index (χ2v) is 22.7. The molecule has 2 fully saturated rings. The lowest BCUT2D eigenvalue weighted by Gasteiger charge is -2.41. The van der Waals surface area contributed by atoms with Crippen LogP contribution in [0, 0.1) is 23.7 Å². The number of ether oxygens (including phenoxy) is 4. The van der Waals surface area contributed by atoms with Crippen LogP contribution in [-0.4, -0.2) is 202 Å². The van der Waals surface area contributed by atoms with Crippen molar-refractivity contribution in [1.82, 2.24) is 30.7 Å². The molecule has 82 heavy (non-hydrogen) atoms. The Morgan fingerprint density at radius 1 is 0.805 bits per heavy atom. The Hall–Kier alpha value is -5.79. The number of anilines is 1. The maximum absolute atomic E-state index is 14.8. The monoisotopic (exact) mass is 1160 g/mol. The number of likely N-dealkylation sites (tertiary alicyclic amines) is 1. The molecule has 23 heteroatoms. The van der Waals surface area contributed by atoms with E-state index in [1.54, 1.807) is 76.6 Å². The number of aliphatic hydroxyl groups excluding tert-OH is 5. The summed E-state index contributed by atoms with van der Waals surface area (Å²) in [5.41, 5.74) is 1.24. The van der Waals surface area contributed by atoms with E-state index in [0.717, 1.165) is 0 Å². The van der Waals surface area contributed by atoms with E-state index in [1.165, 1.54) is 52.1 Å². The minimum Gasteiger partial charge on any atom is -0.460 e. The first-order valence-electron chi connectivity index (χ1n) is 28.5. The zero-order chi connectivity index (χ0) is 61.4. The Labute approximate surface area is 483 Å². The Morgan fingerprint density at radius 2 is 1.46 bits per heavy atom. The molecule has 23 nitrogen and oxygen atoms in total. The minimum absolute atomic E-state index is 0.0681. The summed E-state index contributed by atoms with van der Waals surface area (Å²) >= 11 is 0. The van der Waals surface area contributed by atoms with E-state index in [9.17, 15) is 59.1 Å². The van der Waals surface area contributed by atoms with Gasteiger partial charge in [-0.3, -0.25) is 33.6 Å². The van der Waals surface area contributed by atoms with E-state index < -0.39 is 139 Å². The fraction of sp³-hybridized carbons (Fsp3) is 0.678. The van der Waals surface area contributed by atoms with Gasteiger partial charge in [0, 0.05) is 48.2 Å². The Kier molecular flexibility index (Phi) is 26.6. The van der Waals surface area contributed by atoms with E-state index in [0.29, 0.717) is 36.9 Å². The second-order valence-electron chi connectivity index (χ2n) is 22.7. The number of hydrogen-bond donors (Lipinski definition) is 9. The summed E-state index contributed by atoms with van der Waals surface area (Å²) in [6, 6.07) is 8.87. The quantitative estimate of drug-likeness (QED) is 0.0563. The topological polar surface area (TPSA) is 315 Å². The van der Waals surface area contributed by atoms with E-state index in [2.05, 4.69) is 21.3 Å². The number of benzene rings is 2. The summed E-state index contributed by atoms with van der Waals surface area (Å²) in [7, 11) is 6.14. The van der Waals surface area contributed by atoms with Crippen LogP contribution in [0.2, 0.25) is 0 Å². The summed E-state index contributed by atoms with van der Waals surface area (Å²) < 4.78 is 23.6. The number of nitrogens with zero attached hydrogens (tertiary/aromatic N) is 3. The van der Waals surface area contributed by atoms with Gasteiger partial charge in [-0.05, 0) is 74.1 Å². The molecule has 460 valence electrons. The number of hydrogen-bond acceptors (Lipinski definition) is 16. The fourth-order valence-corrected chi connectivity index (χ4v) is 11.0. The SMILES string of the molecule is CC[C@H](C)[C@@H]([C@@H](CC(=O)N1CCC[C@H]1[C@H](OC)[C@@H](C)C(=O)NC(C)[C@@H](O)c1ccccc1)OC)N(C)C(=O)[C@@H](NC(=O)[C@H](C(C)C)N(C)C(=O)CCc1ccc(NC(=O)[C@H](C)NC(C)=O)c(O[C@@H]2O[C@H](CO)[C@@H](O)[C@H](O)[C@H]2O)c1)C(C)C. The van der Waals surface area contributed by atoms with Crippen LogP contribution in [0.4, 0.5) is 5.69 Å². The third-order valence-corrected chi connectivity index (χ3v) is 16.0. The molecular weight excluding hydrogens is 1060 g/mol. The number of amides is 7. The van der Waals surface area contributed by atoms with Crippen molar-refractivity contribution < 1.29 is 78.0 Å². The van der Waals surface area contributed by atoms with Gasteiger partial charge in [0.05, 0.1) is 61.1 Å². The van der Waals surface area contributed by atoms with Crippen molar-refractivity contribution in [3.63, 3.8) is 0 Å². The number of aliphatic hydroxyl groups is 5. The van der Waals surface area contributed by atoms with E-state index in [4.69, 9.17) is 18.9 Å². The van der Waals surface area contributed by atoms with Crippen molar-refractivity contribution in [2.45, 2.75) is 193 Å². The van der Waals surface area contributed by atoms with Gasteiger partial charge in [-0.15, -0.1) is 0 Å². The van der Waals surface area contributed by atoms with Crippen molar-refractivity contribution >= 4 is 47.0 Å². The number of likely N-dealkylation sites (N-methyl/N-ethyl adjacent to an activating group) is 2. The third-order valence-electron chi connectivity index (χ3n) is 16.0. The Balaban J connectivity index is 1.49. The van der Waals surface area contributed by atoms with E-state index >= 15 is 0 Å². The average molecular weight is 1160 g/mol. The molecular formula is C59H93N7O16. The van der Waals surface area contributed by atoms with E-state index in [-0.39, 0.29) is 48.4 Å². The van der Waals surface area contributed by atoms with Crippen LogP contribution in [-0.2, 0) is 54.2 Å². The van der Waals surface area contributed by atoms with E-state index in [1.807, 2.05) is 32.0 Å². The third kappa shape index (κ3) is 17.6. The molecule has 2 aromatic carbocycles. The largest absolute Gasteiger partial charge is 0.460 e. The maximum atomic E-state index is 14.8. The van der Waals surface area contributed by atoms with Crippen molar-refractivity contribution in [3.05, 3.63) is 59.7 Å². The number of aryl methyl sites for hydroxylation is 1. The standard InChI is InChI=1S/C59H93N7O16/c1-15-33(6)49(43(79-13)29-46(70)66-27-19-22-41(66)54(80-14)34(7)55(75)61-35(8)50(71)39-20-17-16-18-21-39)65(12)58(78)47(31(2)3)63-57(77)48(32(4)5)64(11)45(69)26-24-38-23-25-40(62-56(76)36(9)60-37(10)68)42(28-38)81-59-53(74)52(73)51(72)44(30-67)82-59/h16-18,20-21,23,25,28,31-36,41,43-44,47-54,59,67,71-74H,15,19,22,24,26-27,29-30H2,1-14H3,(H,60,68)(H,61,75)(H,62,76)(H,63,77)/t33-,34+,35?,36-,41-,43+,44+,47-,48-,49-,50+,51+,52-,53+,54+,59+/m0/s1. The number of nitrogens with one attached hydrogen (secondary N) is 4. The fourth-order valence-electron chi connectivity index (χ4n) is 11.0. The smallest absolute Gasteiger partial charge is 0.246 e. The highest BCUT2D eigenvalue weighted by Crippen LogP contribution is 2.33. The number of carbonyl (C=O) groups excluding carboxylic acids is 7. The minimum atomic E-state index is -1.79. The summed E-state index contributed by atoms with van der Waals surface area (Å²) in [6.07, 6.45) is -8.77. The molecule has 4 rings (SSSR count). The van der Waals surface area contributed by atoms with Crippen LogP contribution in [0.1, 0.15) is 119 Å². The zero-order valence-electron chi connectivity index (χ0n) is 50.2. The normalized spacial score (nSPS) is 22.8. The maximum Gasteiger partial charge on any atom is 0.246 e. The molecule has 7 amide bonds. The van der Waals surface area contributed by atoms with Gasteiger partial charge < -0.3 is 80.4 Å². The molecule has 0 bridgehead atoms.